The molecule has 37 heavy (non-hydrogen) atoms. The number of phenols is 2. The van der Waals surface area contributed by atoms with Crippen LogP contribution in [0.2, 0.25) is 0 Å². The first kappa shape index (κ1) is 25.5. The number of hydrogen-bond donors (Lipinski definition) is 4. The van der Waals surface area contributed by atoms with Crippen molar-refractivity contribution >= 4 is 28.9 Å². The van der Waals surface area contributed by atoms with E-state index in [4.69, 9.17) is 9.47 Å². The van der Waals surface area contributed by atoms with Crippen molar-refractivity contribution in [2.24, 2.45) is 0 Å². The predicted octanol–water partition coefficient (Wildman–Crippen LogP) is 2.81. The Kier molecular flexibility index (Phi) is 6.29. The predicted molar refractivity (Wildman–Crippen MR) is 133 cm³/mol. The van der Waals surface area contributed by atoms with Crippen molar-refractivity contribution in [1.82, 2.24) is 5.32 Å². The molecule has 1 aliphatic heterocycles. The van der Waals surface area contributed by atoms with E-state index >= 15 is 0 Å². The van der Waals surface area contributed by atoms with E-state index in [0.717, 1.165) is 6.08 Å². The van der Waals surface area contributed by atoms with E-state index in [0.29, 0.717) is 11.4 Å². The largest absolute Gasteiger partial charge is 0.507 e. The number of allylic oxidation sites excluding steroid dienone is 4. The van der Waals surface area contributed by atoms with Gasteiger partial charge in [-0.05, 0) is 52.0 Å². The Balaban J connectivity index is 1.65. The SMILES string of the molecule is COc1ccc(NC(=O)CNC(C)=C2C(=O)C=C3Oc4c(C(C)=O)c(O)c(C)c(O)c4C3(C)C2=O)cc1. The molecule has 2 aromatic rings. The average molecular weight is 507 g/mol. The monoisotopic (exact) mass is 506 g/mol. The van der Waals surface area contributed by atoms with Crippen LogP contribution in [-0.2, 0) is 19.8 Å². The summed E-state index contributed by atoms with van der Waals surface area (Å²) in [7, 11) is 1.53. The number of ether oxygens (including phenoxy) is 2. The molecule has 4 N–H and O–H groups in total. The number of fused-ring (bicyclic) bond motifs is 3. The van der Waals surface area contributed by atoms with Crippen molar-refractivity contribution in [3.63, 3.8) is 0 Å². The normalized spacial score (nSPS) is 19.3. The lowest BCUT2D eigenvalue weighted by Crippen LogP contribution is -2.41. The zero-order chi connectivity index (χ0) is 27.2. The van der Waals surface area contributed by atoms with Crippen LogP contribution in [-0.4, -0.2) is 47.1 Å². The van der Waals surface area contributed by atoms with Crippen LogP contribution in [0.15, 0.2) is 47.4 Å². The Hall–Kier alpha value is -4.60. The summed E-state index contributed by atoms with van der Waals surface area (Å²) < 4.78 is 10.8. The van der Waals surface area contributed by atoms with Crippen LogP contribution in [0, 0.1) is 6.92 Å². The lowest BCUT2D eigenvalue weighted by Gasteiger charge is -2.29. The van der Waals surface area contributed by atoms with Gasteiger partial charge in [-0.1, -0.05) is 0 Å². The van der Waals surface area contributed by atoms with Crippen LogP contribution < -0.4 is 20.1 Å². The molecule has 0 radical (unpaired) electrons. The van der Waals surface area contributed by atoms with E-state index in [1.54, 1.807) is 24.3 Å². The quantitative estimate of drug-likeness (QED) is 0.263. The first-order valence-electron chi connectivity index (χ1n) is 11.4. The summed E-state index contributed by atoms with van der Waals surface area (Å²) >= 11 is 0. The minimum atomic E-state index is -1.63. The number of nitrogens with one attached hydrogen (secondary N) is 2. The summed E-state index contributed by atoms with van der Waals surface area (Å²) in [5.74, 6) is -2.72. The highest BCUT2D eigenvalue weighted by atomic mass is 16.5. The van der Waals surface area contributed by atoms with Gasteiger partial charge in [0.25, 0.3) is 0 Å². The van der Waals surface area contributed by atoms with E-state index < -0.39 is 40.2 Å². The van der Waals surface area contributed by atoms with E-state index in [-0.39, 0.29) is 46.0 Å². The van der Waals surface area contributed by atoms with E-state index in [1.807, 2.05) is 0 Å². The van der Waals surface area contributed by atoms with Gasteiger partial charge in [-0.25, -0.2) is 0 Å². The third kappa shape index (κ3) is 4.00. The Bertz CT molecular complexity index is 1440. The van der Waals surface area contributed by atoms with Crippen LogP contribution in [0.4, 0.5) is 5.69 Å². The van der Waals surface area contributed by atoms with Gasteiger partial charge >= 0.3 is 0 Å². The standard InChI is InChI=1S/C27H26N2O8/c1-12-23(33)21(14(3)30)25-22(24(12)34)27(4)18(37-25)10-17(31)20(26(27)35)13(2)28-11-19(32)29-15-6-8-16(36-5)9-7-15/h6-10,28,33-34H,11H2,1-5H3,(H,29,32). The molecule has 0 bridgehead atoms. The van der Waals surface area contributed by atoms with Gasteiger partial charge in [0.1, 0.15) is 39.7 Å². The minimum absolute atomic E-state index is 0.000649. The molecule has 2 aliphatic rings. The summed E-state index contributed by atoms with van der Waals surface area (Å²) in [6, 6.07) is 6.72. The average Bonchev–Trinajstić information content (AvgIpc) is 3.14. The van der Waals surface area contributed by atoms with Gasteiger partial charge in [-0.3, -0.25) is 19.2 Å². The fraction of sp³-hybridized carbons (Fsp3) is 0.259. The van der Waals surface area contributed by atoms with Gasteiger partial charge in [-0.2, -0.15) is 0 Å². The fourth-order valence-corrected chi connectivity index (χ4v) is 4.54. The molecule has 2 aromatic carbocycles. The molecule has 10 nitrogen and oxygen atoms in total. The summed E-state index contributed by atoms with van der Waals surface area (Å²) in [5.41, 5.74) is -1.31. The highest BCUT2D eigenvalue weighted by molar-refractivity contribution is 6.31. The molecule has 10 heteroatoms. The zero-order valence-electron chi connectivity index (χ0n) is 20.9. The van der Waals surface area contributed by atoms with E-state index in [2.05, 4.69) is 10.6 Å². The fourth-order valence-electron chi connectivity index (χ4n) is 4.54. The number of phenolic OH excluding ortho intramolecular Hbond substituents is 2. The van der Waals surface area contributed by atoms with Crippen molar-refractivity contribution in [2.45, 2.75) is 33.1 Å². The number of Topliss-reactive ketones (excluding diaryl/α,β-unsaturated/α-hetero) is 2. The van der Waals surface area contributed by atoms with Crippen molar-refractivity contribution in [3.8, 4) is 23.0 Å². The van der Waals surface area contributed by atoms with E-state index in [1.165, 1.54) is 34.8 Å². The third-order valence-electron chi connectivity index (χ3n) is 6.65. The van der Waals surface area contributed by atoms with Gasteiger partial charge in [0.05, 0.1) is 24.8 Å². The van der Waals surface area contributed by atoms with Crippen LogP contribution in [0.1, 0.15) is 42.3 Å². The third-order valence-corrected chi connectivity index (χ3v) is 6.65. The second-order valence-electron chi connectivity index (χ2n) is 9.02. The number of ketones is 3. The summed E-state index contributed by atoms with van der Waals surface area (Å²) in [4.78, 5) is 51.4. The van der Waals surface area contributed by atoms with Gasteiger partial charge < -0.3 is 30.3 Å². The maximum atomic E-state index is 13.8. The first-order valence-corrected chi connectivity index (χ1v) is 11.4. The number of rotatable bonds is 6. The molecule has 1 unspecified atom stereocenters. The zero-order valence-corrected chi connectivity index (χ0v) is 20.9. The second kappa shape index (κ2) is 9.12. The second-order valence-corrected chi connectivity index (χ2v) is 9.02. The molecule has 4 rings (SSSR count). The van der Waals surface area contributed by atoms with Gasteiger partial charge in [-0.15, -0.1) is 0 Å². The van der Waals surface area contributed by atoms with Crippen molar-refractivity contribution in [1.29, 1.82) is 0 Å². The molecule has 1 amide bonds. The Morgan fingerprint density at radius 1 is 1.08 bits per heavy atom. The van der Waals surface area contributed by atoms with Gasteiger partial charge in [0.15, 0.2) is 17.3 Å². The lowest BCUT2D eigenvalue weighted by molar-refractivity contribution is -0.124. The molecule has 192 valence electrons. The number of benzene rings is 2. The first-order chi connectivity index (χ1) is 17.4. The molecule has 0 fully saturated rings. The van der Waals surface area contributed by atoms with Crippen LogP contribution in [0.5, 0.6) is 23.0 Å². The summed E-state index contributed by atoms with van der Waals surface area (Å²) in [5, 5.41) is 26.8. The molecule has 0 aromatic heterocycles. The molecule has 0 saturated heterocycles. The Morgan fingerprint density at radius 2 is 1.73 bits per heavy atom. The van der Waals surface area contributed by atoms with Crippen LogP contribution in [0.25, 0.3) is 0 Å². The summed E-state index contributed by atoms with van der Waals surface area (Å²) in [6.07, 6.45) is 1.12. The number of carbonyl (C=O) groups excluding carboxylic acids is 4. The Labute approximate surface area is 212 Å². The smallest absolute Gasteiger partial charge is 0.243 e. The molecule has 0 saturated carbocycles. The molecule has 1 heterocycles. The molecule has 0 spiro atoms. The number of hydrogen-bond acceptors (Lipinski definition) is 9. The molecule has 1 aliphatic carbocycles. The number of anilines is 1. The molecular formula is C27H26N2O8. The van der Waals surface area contributed by atoms with Crippen LogP contribution in [0.3, 0.4) is 0 Å². The Morgan fingerprint density at radius 3 is 2.32 bits per heavy atom. The van der Waals surface area contributed by atoms with E-state index in [9.17, 15) is 29.4 Å². The number of amides is 1. The maximum absolute atomic E-state index is 13.8. The van der Waals surface area contributed by atoms with Gasteiger partial charge in [0, 0.05) is 23.0 Å². The summed E-state index contributed by atoms with van der Waals surface area (Å²) in [6.45, 7) is 5.37. The highest BCUT2D eigenvalue weighted by Gasteiger charge is 2.56. The number of carbonyl (C=O) groups is 4. The number of aromatic hydroxyl groups is 2. The highest BCUT2D eigenvalue weighted by Crippen LogP contribution is 2.57. The topological polar surface area (TPSA) is 151 Å². The minimum Gasteiger partial charge on any atom is -0.507 e. The molecular weight excluding hydrogens is 480 g/mol. The molecule has 1 atom stereocenters. The van der Waals surface area contributed by atoms with Crippen molar-refractivity contribution < 1.29 is 38.9 Å². The van der Waals surface area contributed by atoms with Crippen molar-refractivity contribution in [2.75, 3.05) is 19.0 Å². The number of methoxy groups -OCH3 is 1. The van der Waals surface area contributed by atoms with Gasteiger partial charge in [0.2, 0.25) is 5.91 Å². The maximum Gasteiger partial charge on any atom is 0.243 e. The van der Waals surface area contributed by atoms with Crippen LogP contribution >= 0.6 is 0 Å². The van der Waals surface area contributed by atoms with Crippen molar-refractivity contribution in [3.05, 3.63) is 64.1 Å². The lowest BCUT2D eigenvalue weighted by atomic mass is 9.70.